The van der Waals surface area contributed by atoms with Crippen LogP contribution < -0.4 is 9.47 Å². The minimum atomic E-state index is -4.71. The first kappa shape index (κ1) is 13.0. The summed E-state index contributed by atoms with van der Waals surface area (Å²) in [4.78, 5) is 0. The highest BCUT2D eigenvalue weighted by atomic mass is 19.4. The van der Waals surface area contributed by atoms with Crippen molar-refractivity contribution in [1.82, 2.24) is 0 Å². The van der Waals surface area contributed by atoms with E-state index in [2.05, 4.69) is 4.74 Å². The Kier molecular flexibility index (Phi) is 3.38. The predicted molar refractivity (Wildman–Crippen MR) is 57.5 cm³/mol. The number of hydrogen-bond acceptors (Lipinski definition) is 3. The lowest BCUT2D eigenvalue weighted by atomic mass is 9.92. The Balaban J connectivity index is 2.06. The van der Waals surface area contributed by atoms with Gasteiger partial charge in [-0.2, -0.15) is 0 Å². The highest BCUT2D eigenvalue weighted by molar-refractivity contribution is 5.40. The third-order valence-corrected chi connectivity index (χ3v) is 2.76. The van der Waals surface area contributed by atoms with Crippen LogP contribution in [0.5, 0.6) is 11.5 Å². The minimum absolute atomic E-state index is 0.138. The number of aliphatic hydroxyl groups excluding tert-OH is 1. The van der Waals surface area contributed by atoms with E-state index in [9.17, 15) is 13.2 Å². The van der Waals surface area contributed by atoms with E-state index < -0.39 is 6.36 Å². The topological polar surface area (TPSA) is 38.7 Å². The zero-order chi connectivity index (χ0) is 13.3. The average molecular weight is 262 g/mol. The molecule has 1 aliphatic carbocycles. The Morgan fingerprint density at radius 3 is 2.50 bits per heavy atom. The second kappa shape index (κ2) is 4.68. The molecule has 1 fully saturated rings. The summed E-state index contributed by atoms with van der Waals surface area (Å²) in [6.07, 6.45) is -4.21. The molecule has 0 unspecified atom stereocenters. The van der Waals surface area contributed by atoms with Crippen molar-refractivity contribution in [2.45, 2.75) is 38.3 Å². The number of benzene rings is 1. The van der Waals surface area contributed by atoms with E-state index in [1.54, 1.807) is 6.07 Å². The van der Waals surface area contributed by atoms with Crippen LogP contribution in [0, 0.1) is 6.92 Å². The largest absolute Gasteiger partial charge is 0.573 e. The van der Waals surface area contributed by atoms with Crippen molar-refractivity contribution >= 4 is 0 Å². The molecule has 1 aliphatic rings. The lowest BCUT2D eigenvalue weighted by Crippen LogP contribution is -2.37. The summed E-state index contributed by atoms with van der Waals surface area (Å²) in [5.41, 5.74) is 0.383. The summed E-state index contributed by atoms with van der Waals surface area (Å²) in [7, 11) is 0. The maximum atomic E-state index is 12.1. The molecular formula is C12H13F3O3. The first-order chi connectivity index (χ1) is 8.33. The SMILES string of the molecule is Cc1ccc(O[C@H]2C[C@@H](O)C2)cc1OC(F)(F)F. The first-order valence-electron chi connectivity index (χ1n) is 5.54. The summed E-state index contributed by atoms with van der Waals surface area (Å²) < 4.78 is 45.8. The molecule has 0 saturated heterocycles. The average Bonchev–Trinajstić information content (AvgIpc) is 2.18. The van der Waals surface area contributed by atoms with Crippen LogP contribution >= 0.6 is 0 Å². The van der Waals surface area contributed by atoms with Crippen molar-refractivity contribution in [3.63, 3.8) is 0 Å². The summed E-state index contributed by atoms with van der Waals surface area (Å²) >= 11 is 0. The van der Waals surface area contributed by atoms with Gasteiger partial charge in [-0.05, 0) is 18.6 Å². The molecule has 1 aromatic rings. The Morgan fingerprint density at radius 1 is 1.28 bits per heavy atom. The number of aryl methyl sites for hydroxylation is 1. The Labute approximate surface area is 102 Å². The lowest BCUT2D eigenvalue weighted by Gasteiger charge is -2.31. The predicted octanol–water partition coefficient (Wildman–Crippen LogP) is 2.80. The van der Waals surface area contributed by atoms with Crippen molar-refractivity contribution in [1.29, 1.82) is 0 Å². The zero-order valence-electron chi connectivity index (χ0n) is 9.70. The quantitative estimate of drug-likeness (QED) is 0.910. The van der Waals surface area contributed by atoms with Crippen molar-refractivity contribution in [2.24, 2.45) is 0 Å². The van der Waals surface area contributed by atoms with Gasteiger partial charge in [-0.1, -0.05) is 6.07 Å². The van der Waals surface area contributed by atoms with E-state index in [4.69, 9.17) is 9.84 Å². The summed E-state index contributed by atoms with van der Waals surface area (Å²) in [6, 6.07) is 4.31. The molecule has 0 radical (unpaired) electrons. The molecule has 100 valence electrons. The van der Waals surface area contributed by atoms with Gasteiger partial charge in [0.15, 0.2) is 0 Å². The van der Waals surface area contributed by atoms with E-state index in [0.29, 0.717) is 24.2 Å². The fourth-order valence-corrected chi connectivity index (χ4v) is 1.71. The van der Waals surface area contributed by atoms with Gasteiger partial charge in [0.25, 0.3) is 0 Å². The molecule has 1 N–H and O–H groups in total. The third kappa shape index (κ3) is 3.29. The molecule has 0 spiro atoms. The number of alkyl halides is 3. The number of rotatable bonds is 3. The zero-order valence-corrected chi connectivity index (χ0v) is 9.70. The fourth-order valence-electron chi connectivity index (χ4n) is 1.71. The van der Waals surface area contributed by atoms with Crippen LogP contribution in [0.2, 0.25) is 0 Å². The number of ether oxygens (including phenoxy) is 2. The number of aliphatic hydroxyl groups is 1. The van der Waals surface area contributed by atoms with E-state index in [-0.39, 0.29) is 18.0 Å². The molecular weight excluding hydrogens is 249 g/mol. The number of hydrogen-bond donors (Lipinski definition) is 1. The van der Waals surface area contributed by atoms with E-state index in [1.807, 2.05) is 0 Å². The smallest absolute Gasteiger partial charge is 0.490 e. The van der Waals surface area contributed by atoms with Crippen LogP contribution in [0.15, 0.2) is 18.2 Å². The maximum Gasteiger partial charge on any atom is 0.573 e. The molecule has 0 atom stereocenters. The number of halogens is 3. The van der Waals surface area contributed by atoms with Crippen molar-refractivity contribution in [2.75, 3.05) is 0 Å². The van der Waals surface area contributed by atoms with Gasteiger partial charge < -0.3 is 14.6 Å². The fraction of sp³-hybridized carbons (Fsp3) is 0.500. The minimum Gasteiger partial charge on any atom is -0.490 e. The maximum absolute atomic E-state index is 12.1. The molecule has 3 nitrogen and oxygen atoms in total. The Bertz CT molecular complexity index is 425. The van der Waals surface area contributed by atoms with Gasteiger partial charge in [0.05, 0.1) is 6.10 Å². The first-order valence-corrected chi connectivity index (χ1v) is 5.54. The van der Waals surface area contributed by atoms with Gasteiger partial charge >= 0.3 is 6.36 Å². The van der Waals surface area contributed by atoms with Crippen LogP contribution in [-0.2, 0) is 0 Å². The highest BCUT2D eigenvalue weighted by Crippen LogP contribution is 2.32. The van der Waals surface area contributed by atoms with Crippen molar-refractivity contribution in [3.8, 4) is 11.5 Å². The van der Waals surface area contributed by atoms with Gasteiger partial charge in [-0.3, -0.25) is 0 Å². The third-order valence-electron chi connectivity index (χ3n) is 2.76. The van der Waals surface area contributed by atoms with E-state index >= 15 is 0 Å². The normalized spacial score (nSPS) is 23.4. The molecule has 1 saturated carbocycles. The molecule has 1 aromatic carbocycles. The molecule has 18 heavy (non-hydrogen) atoms. The Hall–Kier alpha value is -1.43. The molecule has 0 bridgehead atoms. The van der Waals surface area contributed by atoms with Gasteiger partial charge in [-0.25, -0.2) is 0 Å². The monoisotopic (exact) mass is 262 g/mol. The van der Waals surface area contributed by atoms with Gasteiger partial charge in [0.1, 0.15) is 17.6 Å². The molecule has 0 aromatic heterocycles. The van der Waals surface area contributed by atoms with Gasteiger partial charge in [0.2, 0.25) is 0 Å². The molecule has 2 rings (SSSR count). The summed E-state index contributed by atoms with van der Waals surface area (Å²) in [6.45, 7) is 1.53. The van der Waals surface area contributed by atoms with E-state index in [0.717, 1.165) is 0 Å². The van der Waals surface area contributed by atoms with Crippen molar-refractivity contribution in [3.05, 3.63) is 23.8 Å². The summed E-state index contributed by atoms with van der Waals surface area (Å²) in [5.74, 6) is 0.0524. The standard InChI is InChI=1S/C12H13F3O3/c1-7-2-3-9(17-10-4-8(16)5-10)6-11(7)18-12(13,14)15/h2-3,6,8,10,16H,4-5H2,1H3/t8-,10+. The van der Waals surface area contributed by atoms with Crippen LogP contribution in [0.3, 0.4) is 0 Å². The van der Waals surface area contributed by atoms with Crippen molar-refractivity contribution < 1.29 is 27.8 Å². The van der Waals surface area contributed by atoms with Crippen LogP contribution in [0.1, 0.15) is 18.4 Å². The highest BCUT2D eigenvalue weighted by Gasteiger charge is 2.32. The molecule has 0 amide bonds. The van der Waals surface area contributed by atoms with Crippen LogP contribution in [-0.4, -0.2) is 23.7 Å². The van der Waals surface area contributed by atoms with Gasteiger partial charge in [0, 0.05) is 18.9 Å². The Morgan fingerprint density at radius 2 is 1.94 bits per heavy atom. The van der Waals surface area contributed by atoms with E-state index in [1.165, 1.54) is 19.1 Å². The lowest BCUT2D eigenvalue weighted by molar-refractivity contribution is -0.274. The second-order valence-corrected chi connectivity index (χ2v) is 4.34. The van der Waals surface area contributed by atoms with Crippen LogP contribution in [0.4, 0.5) is 13.2 Å². The molecule has 0 aliphatic heterocycles. The second-order valence-electron chi connectivity index (χ2n) is 4.34. The molecule has 0 heterocycles. The van der Waals surface area contributed by atoms with Gasteiger partial charge in [-0.15, -0.1) is 13.2 Å². The summed E-state index contributed by atoms with van der Waals surface area (Å²) in [5, 5.41) is 9.09. The molecule has 6 heteroatoms. The van der Waals surface area contributed by atoms with Crippen LogP contribution in [0.25, 0.3) is 0 Å².